The average molecular weight is 353 g/mol. The highest BCUT2D eigenvalue weighted by molar-refractivity contribution is 6.32. The standard InChI is InChI=1S/C17H13ClN6O/c1-25-14-5-4-12(9-13(14)18)21-17-22-16-15(11-3-2-6-19-10-11)20-7-8-24(16)23-17/h2-10H,1H3,(H,21,23). The van der Waals surface area contributed by atoms with Gasteiger partial charge in [-0.1, -0.05) is 11.6 Å². The number of anilines is 2. The summed E-state index contributed by atoms with van der Waals surface area (Å²) >= 11 is 6.15. The maximum Gasteiger partial charge on any atom is 0.247 e. The topological polar surface area (TPSA) is 77.2 Å². The zero-order chi connectivity index (χ0) is 17.2. The lowest BCUT2D eigenvalue weighted by Crippen LogP contribution is -1.94. The van der Waals surface area contributed by atoms with Crippen molar-refractivity contribution >= 4 is 28.9 Å². The number of hydrogen-bond donors (Lipinski definition) is 1. The molecule has 3 aromatic heterocycles. The van der Waals surface area contributed by atoms with Crippen LogP contribution in [0.2, 0.25) is 5.02 Å². The Hall–Kier alpha value is -3.19. The Kier molecular flexibility index (Phi) is 3.91. The Morgan fingerprint density at radius 2 is 2.12 bits per heavy atom. The first-order valence-corrected chi connectivity index (χ1v) is 7.85. The summed E-state index contributed by atoms with van der Waals surface area (Å²) in [4.78, 5) is 13.1. The summed E-state index contributed by atoms with van der Waals surface area (Å²) in [5.74, 6) is 1.05. The van der Waals surface area contributed by atoms with Crippen LogP contribution < -0.4 is 10.1 Å². The van der Waals surface area contributed by atoms with Crippen molar-refractivity contribution in [1.29, 1.82) is 0 Å². The van der Waals surface area contributed by atoms with Crippen LogP contribution in [-0.2, 0) is 0 Å². The van der Waals surface area contributed by atoms with Crippen LogP contribution in [0.3, 0.4) is 0 Å². The van der Waals surface area contributed by atoms with Crippen LogP contribution in [-0.4, -0.2) is 31.7 Å². The van der Waals surface area contributed by atoms with Gasteiger partial charge in [0, 0.05) is 36.0 Å². The SMILES string of the molecule is COc1ccc(Nc2nc3c(-c4cccnc4)nccn3n2)cc1Cl. The normalized spacial score (nSPS) is 10.8. The molecule has 0 unspecified atom stereocenters. The van der Waals surface area contributed by atoms with Gasteiger partial charge in [0.15, 0.2) is 5.65 Å². The molecule has 0 aliphatic rings. The van der Waals surface area contributed by atoms with Crippen LogP contribution in [0.1, 0.15) is 0 Å². The predicted octanol–water partition coefficient (Wildman–Crippen LogP) is 3.59. The molecule has 0 saturated heterocycles. The lowest BCUT2D eigenvalue weighted by molar-refractivity contribution is 0.415. The summed E-state index contributed by atoms with van der Waals surface area (Å²) in [6, 6.07) is 9.17. The number of aromatic nitrogens is 5. The number of halogens is 1. The van der Waals surface area contributed by atoms with Crippen LogP contribution in [0.5, 0.6) is 5.75 Å². The van der Waals surface area contributed by atoms with Crippen molar-refractivity contribution in [1.82, 2.24) is 24.6 Å². The number of hydrogen-bond acceptors (Lipinski definition) is 6. The van der Waals surface area contributed by atoms with E-state index in [1.54, 1.807) is 48.5 Å². The molecule has 0 aliphatic heterocycles. The third-order valence-corrected chi connectivity index (χ3v) is 3.89. The number of nitrogens with one attached hydrogen (secondary N) is 1. The van der Waals surface area contributed by atoms with E-state index in [-0.39, 0.29) is 0 Å². The number of nitrogens with zero attached hydrogens (tertiary/aromatic N) is 5. The second-order valence-electron chi connectivity index (χ2n) is 5.20. The third kappa shape index (κ3) is 2.97. The van der Waals surface area contributed by atoms with Crippen LogP contribution in [0.15, 0.2) is 55.1 Å². The van der Waals surface area contributed by atoms with Gasteiger partial charge in [-0.3, -0.25) is 9.97 Å². The molecule has 8 heteroatoms. The minimum Gasteiger partial charge on any atom is -0.495 e. The van der Waals surface area contributed by atoms with Gasteiger partial charge in [-0.05, 0) is 30.3 Å². The average Bonchev–Trinajstić information content (AvgIpc) is 3.05. The molecule has 25 heavy (non-hydrogen) atoms. The molecule has 1 N–H and O–H groups in total. The zero-order valence-corrected chi connectivity index (χ0v) is 14.0. The first-order valence-electron chi connectivity index (χ1n) is 7.47. The monoisotopic (exact) mass is 352 g/mol. The smallest absolute Gasteiger partial charge is 0.247 e. The van der Waals surface area contributed by atoms with Gasteiger partial charge < -0.3 is 10.1 Å². The van der Waals surface area contributed by atoms with Gasteiger partial charge in [0.1, 0.15) is 11.4 Å². The van der Waals surface area contributed by atoms with E-state index in [1.807, 2.05) is 18.2 Å². The minimum absolute atomic E-state index is 0.444. The van der Waals surface area contributed by atoms with E-state index in [4.69, 9.17) is 16.3 Å². The quantitative estimate of drug-likeness (QED) is 0.604. The number of ether oxygens (including phenoxy) is 1. The van der Waals surface area contributed by atoms with Crippen molar-refractivity contribution in [2.45, 2.75) is 0 Å². The lowest BCUT2D eigenvalue weighted by atomic mass is 10.2. The molecule has 0 saturated carbocycles. The molecule has 0 amide bonds. The molecule has 4 rings (SSSR count). The second-order valence-corrected chi connectivity index (χ2v) is 5.60. The Balaban J connectivity index is 1.71. The summed E-state index contributed by atoms with van der Waals surface area (Å²) in [5.41, 5.74) is 2.98. The van der Waals surface area contributed by atoms with Crippen molar-refractivity contribution in [3.05, 3.63) is 60.1 Å². The van der Waals surface area contributed by atoms with E-state index in [0.717, 1.165) is 11.3 Å². The molecule has 0 radical (unpaired) electrons. The largest absolute Gasteiger partial charge is 0.495 e. The van der Waals surface area contributed by atoms with E-state index >= 15 is 0 Å². The fraction of sp³-hybridized carbons (Fsp3) is 0.0588. The van der Waals surface area contributed by atoms with E-state index in [0.29, 0.717) is 28.1 Å². The van der Waals surface area contributed by atoms with Gasteiger partial charge >= 0.3 is 0 Å². The Labute approximate surface area is 148 Å². The van der Waals surface area contributed by atoms with Crippen molar-refractivity contribution in [2.75, 3.05) is 12.4 Å². The second kappa shape index (κ2) is 6.37. The summed E-state index contributed by atoms with van der Waals surface area (Å²) in [5, 5.41) is 8.07. The van der Waals surface area contributed by atoms with Crippen molar-refractivity contribution < 1.29 is 4.74 Å². The molecule has 7 nitrogen and oxygen atoms in total. The van der Waals surface area contributed by atoms with Gasteiger partial charge in [-0.2, -0.15) is 4.98 Å². The first-order chi connectivity index (χ1) is 12.2. The van der Waals surface area contributed by atoms with Gasteiger partial charge in [-0.25, -0.2) is 4.52 Å². The summed E-state index contributed by atoms with van der Waals surface area (Å²) in [6.07, 6.45) is 6.88. The molecular weight excluding hydrogens is 340 g/mol. The predicted molar refractivity (Wildman–Crippen MR) is 95.3 cm³/mol. The Morgan fingerprint density at radius 3 is 2.88 bits per heavy atom. The molecule has 0 spiro atoms. The van der Waals surface area contributed by atoms with Crippen LogP contribution in [0.25, 0.3) is 16.9 Å². The fourth-order valence-electron chi connectivity index (χ4n) is 2.45. The molecule has 1 aromatic carbocycles. The van der Waals surface area contributed by atoms with Gasteiger partial charge in [0.05, 0.1) is 12.1 Å². The Bertz CT molecular complexity index is 1030. The van der Waals surface area contributed by atoms with Gasteiger partial charge in [0.25, 0.3) is 0 Å². The summed E-state index contributed by atoms with van der Waals surface area (Å²) in [7, 11) is 1.57. The maximum atomic E-state index is 6.15. The minimum atomic E-state index is 0.444. The molecule has 0 aliphatic carbocycles. The maximum absolute atomic E-state index is 6.15. The fourth-order valence-corrected chi connectivity index (χ4v) is 2.71. The van der Waals surface area contributed by atoms with Crippen molar-refractivity contribution in [2.24, 2.45) is 0 Å². The molecule has 3 heterocycles. The summed E-state index contributed by atoms with van der Waals surface area (Å²) in [6.45, 7) is 0. The van der Waals surface area contributed by atoms with Crippen LogP contribution >= 0.6 is 11.6 Å². The van der Waals surface area contributed by atoms with E-state index < -0.39 is 0 Å². The Morgan fingerprint density at radius 1 is 1.20 bits per heavy atom. The lowest BCUT2D eigenvalue weighted by Gasteiger charge is -2.05. The number of pyridine rings is 1. The molecule has 124 valence electrons. The van der Waals surface area contributed by atoms with E-state index in [1.165, 1.54) is 0 Å². The van der Waals surface area contributed by atoms with Gasteiger partial charge in [-0.15, -0.1) is 5.10 Å². The highest BCUT2D eigenvalue weighted by Gasteiger charge is 2.12. The van der Waals surface area contributed by atoms with E-state index in [9.17, 15) is 0 Å². The molecule has 4 aromatic rings. The molecule has 0 bridgehead atoms. The molecule has 0 atom stereocenters. The number of benzene rings is 1. The van der Waals surface area contributed by atoms with Crippen molar-refractivity contribution in [3.63, 3.8) is 0 Å². The van der Waals surface area contributed by atoms with Crippen molar-refractivity contribution in [3.8, 4) is 17.0 Å². The molecular formula is C17H13ClN6O. The van der Waals surface area contributed by atoms with E-state index in [2.05, 4.69) is 25.4 Å². The van der Waals surface area contributed by atoms with Gasteiger partial charge in [0.2, 0.25) is 5.95 Å². The number of methoxy groups -OCH3 is 1. The zero-order valence-electron chi connectivity index (χ0n) is 13.2. The number of fused-ring (bicyclic) bond motifs is 1. The number of rotatable bonds is 4. The highest BCUT2D eigenvalue weighted by atomic mass is 35.5. The highest BCUT2D eigenvalue weighted by Crippen LogP contribution is 2.28. The summed E-state index contributed by atoms with van der Waals surface area (Å²) < 4.78 is 6.82. The first kappa shape index (κ1) is 15.3. The molecule has 0 fully saturated rings. The van der Waals surface area contributed by atoms with Crippen LogP contribution in [0, 0.1) is 0 Å². The third-order valence-electron chi connectivity index (χ3n) is 3.60. The van der Waals surface area contributed by atoms with Crippen LogP contribution in [0.4, 0.5) is 11.6 Å².